The second kappa shape index (κ2) is 48.8. The van der Waals surface area contributed by atoms with Gasteiger partial charge in [0.2, 0.25) is 0 Å². The minimum absolute atomic E-state index is 0. The summed E-state index contributed by atoms with van der Waals surface area (Å²) in [6, 6.07) is 0. The summed E-state index contributed by atoms with van der Waals surface area (Å²) in [6.07, 6.45) is -10.3. The number of rotatable bonds is 9. The van der Waals surface area contributed by atoms with E-state index in [1.165, 1.54) is 6.42 Å². The first-order valence-corrected chi connectivity index (χ1v) is 10.3. The molecule has 0 amide bonds. The number of ether oxygens (including phenoxy) is 1. The average molecular weight is 763 g/mol. The lowest BCUT2D eigenvalue weighted by Crippen LogP contribution is -2.24. The number of allylic oxidation sites excluding steroid dienone is 4. The molecule has 0 aliphatic carbocycles. The molecule has 0 aromatic carbocycles. The molecule has 0 bridgehead atoms. The molecular weight excluding hydrogens is 706 g/mol. The van der Waals surface area contributed by atoms with Crippen molar-refractivity contribution in [3.8, 4) is 0 Å². The topological polar surface area (TPSA) is 9.23 Å². The highest BCUT2D eigenvalue weighted by Crippen LogP contribution is 2.36. The molecule has 0 saturated carbocycles. The summed E-state index contributed by atoms with van der Waals surface area (Å²) in [5.74, 6) is -6.64. The molecule has 0 aromatic heterocycles. The van der Waals surface area contributed by atoms with Crippen LogP contribution in [-0.4, -0.2) is 64.1 Å². The summed E-state index contributed by atoms with van der Waals surface area (Å²) in [5.41, 5.74) is -2.68. The van der Waals surface area contributed by atoms with Gasteiger partial charge in [-0.2, -0.15) is 57.1 Å². The molecule has 304 valence electrons. The molecule has 0 rings (SSSR count). The van der Waals surface area contributed by atoms with Crippen molar-refractivity contribution in [1.29, 1.82) is 0 Å². The summed E-state index contributed by atoms with van der Waals surface area (Å²) >= 11 is 0. The van der Waals surface area contributed by atoms with Gasteiger partial charge in [-0.25, -0.2) is 8.78 Å². The largest absolute Gasteiger partial charge is 0.420 e. The maximum atomic E-state index is 11.4. The Morgan fingerprint density at radius 1 is 0.583 bits per heavy atom. The zero-order chi connectivity index (χ0) is 35.9. The molecule has 0 heterocycles. The Kier molecular flexibility index (Phi) is 86.7. The predicted molar refractivity (Wildman–Crippen MR) is 165 cm³/mol. The van der Waals surface area contributed by atoms with Crippen molar-refractivity contribution in [1.82, 2.24) is 0 Å². The van der Waals surface area contributed by atoms with Gasteiger partial charge < -0.3 is 4.74 Å². The summed E-state index contributed by atoms with van der Waals surface area (Å²) in [4.78, 5) is 0. The van der Waals surface area contributed by atoms with Crippen molar-refractivity contribution in [3.63, 3.8) is 0 Å². The van der Waals surface area contributed by atoms with Crippen LogP contribution < -0.4 is 0 Å². The van der Waals surface area contributed by atoms with Crippen LogP contribution in [0.4, 0.5) is 79.4 Å². The van der Waals surface area contributed by atoms with Crippen molar-refractivity contribution in [2.24, 2.45) is 0 Å². The van der Waals surface area contributed by atoms with Crippen molar-refractivity contribution in [3.05, 3.63) is 62.8 Å². The second-order valence-corrected chi connectivity index (χ2v) is 6.13. The molecule has 0 unspecified atom stereocenters. The van der Waals surface area contributed by atoms with Gasteiger partial charge in [-0.1, -0.05) is 90.3 Å². The van der Waals surface area contributed by atoms with Gasteiger partial charge in [-0.05, 0) is 18.6 Å². The van der Waals surface area contributed by atoms with E-state index in [1.807, 2.05) is 6.58 Å². The molecule has 19 heteroatoms. The van der Waals surface area contributed by atoms with Gasteiger partial charge in [0, 0.05) is 21.8 Å². The van der Waals surface area contributed by atoms with Crippen LogP contribution >= 0.6 is 0 Å². The minimum atomic E-state index is -5.38. The number of unbranched alkanes of at least 4 members (excludes halogenated alkanes) is 1. The Balaban J connectivity index is -0.0000000276. The maximum absolute atomic E-state index is 11.4. The zero-order valence-corrected chi connectivity index (χ0v) is 22.3. The van der Waals surface area contributed by atoms with Crippen LogP contribution in [-0.2, 0) is 4.74 Å². The number of hydrogen-bond donors (Lipinski definition) is 0. The zero-order valence-electron chi connectivity index (χ0n) is 22.3. The lowest BCUT2D eigenvalue weighted by molar-refractivity contribution is -0.171. The third kappa shape index (κ3) is 90.3. The van der Waals surface area contributed by atoms with E-state index in [-0.39, 0.29) is 62.8 Å². The van der Waals surface area contributed by atoms with E-state index in [1.54, 1.807) is 6.08 Å². The van der Waals surface area contributed by atoms with Crippen LogP contribution in [0.3, 0.4) is 0 Å². The van der Waals surface area contributed by atoms with Crippen LogP contribution in [0.2, 0.25) is 0 Å². The standard InChI is InChI=1S/C7H14O.C4H2F6.2C4H5F3.C3H3F3.CH3F.6CH4.F2/c1-3-5-7-8-6-4-2;1-2(3(5,6)7)4(8,9)10;2*1-2-4(6,7)3-5;1-2-3(4,5)6;1-2;;;;;;;1-2/h4H,2-3,5-7H2,1H3;1H2;2*2H,1,3H2;2H,1H2;1H3;6*1H4;. The predicted octanol–water partition coefficient (Wildman–Crippen LogP) is 15.2. The quantitative estimate of drug-likeness (QED) is 0.129. The normalized spacial score (nSPS) is 9.25. The smallest absolute Gasteiger partial charge is 0.377 e. The van der Waals surface area contributed by atoms with Gasteiger partial charge >= 0.3 is 18.5 Å². The lowest BCUT2D eigenvalue weighted by Gasteiger charge is -2.12. The highest BCUT2D eigenvalue weighted by molar-refractivity contribution is 5.09. The molecule has 0 spiro atoms. The van der Waals surface area contributed by atoms with Gasteiger partial charge in [0.05, 0.1) is 13.8 Å². The van der Waals surface area contributed by atoms with Gasteiger partial charge in [0.15, 0.2) is 13.3 Å². The molecule has 48 heavy (non-hydrogen) atoms. The van der Waals surface area contributed by atoms with Crippen LogP contribution in [0, 0.1) is 0 Å². The van der Waals surface area contributed by atoms with Crippen molar-refractivity contribution in [2.75, 3.05) is 33.7 Å². The van der Waals surface area contributed by atoms with Crippen LogP contribution in [0.5, 0.6) is 0 Å². The first-order chi connectivity index (χ1) is 18.9. The summed E-state index contributed by atoms with van der Waals surface area (Å²) < 4.78 is 197. The molecular formula is C29H56F18O. The van der Waals surface area contributed by atoms with E-state index in [4.69, 9.17) is 13.9 Å². The van der Waals surface area contributed by atoms with Gasteiger partial charge in [-0.3, -0.25) is 4.39 Å². The highest BCUT2D eigenvalue weighted by Gasteiger charge is 2.49. The molecule has 1 nitrogen and oxygen atoms in total. The monoisotopic (exact) mass is 762 g/mol. The molecule has 0 atom stereocenters. The van der Waals surface area contributed by atoms with E-state index in [9.17, 15) is 70.2 Å². The maximum Gasteiger partial charge on any atom is 0.420 e. The fraction of sp³-hybridized carbons (Fsp3) is 0.655. The van der Waals surface area contributed by atoms with Crippen molar-refractivity contribution in [2.45, 2.75) is 94.7 Å². The fourth-order valence-corrected chi connectivity index (χ4v) is 0.683. The van der Waals surface area contributed by atoms with Gasteiger partial charge in [0.25, 0.3) is 11.8 Å². The Morgan fingerprint density at radius 3 is 0.917 bits per heavy atom. The first kappa shape index (κ1) is 85.3. The Morgan fingerprint density at radius 2 is 0.833 bits per heavy atom. The molecule has 0 fully saturated rings. The molecule has 0 N–H and O–H groups in total. The lowest BCUT2D eigenvalue weighted by atomic mass is 10.3. The third-order valence-corrected chi connectivity index (χ3v) is 2.75. The number of alkyl halides is 16. The summed E-state index contributed by atoms with van der Waals surface area (Å²) in [7, 11) is 0.500. The average Bonchev–Trinajstić information content (AvgIpc) is 2.93. The van der Waals surface area contributed by atoms with Crippen molar-refractivity contribution >= 4 is 0 Å². The second-order valence-electron chi connectivity index (χ2n) is 6.13. The number of hydrogen-bond acceptors (Lipinski definition) is 1. The Labute approximate surface area is 276 Å². The van der Waals surface area contributed by atoms with Crippen LogP contribution in [0.1, 0.15) is 64.3 Å². The molecule has 0 saturated heterocycles. The minimum Gasteiger partial charge on any atom is -0.377 e. The molecule has 0 radical (unpaired) electrons. The Bertz CT molecular complexity index is 604. The van der Waals surface area contributed by atoms with Crippen LogP contribution in [0.25, 0.3) is 0 Å². The highest BCUT2D eigenvalue weighted by atomic mass is 20.0. The van der Waals surface area contributed by atoms with E-state index in [0.29, 0.717) is 13.8 Å². The van der Waals surface area contributed by atoms with Crippen molar-refractivity contribution < 1.29 is 84.1 Å². The molecule has 0 aromatic rings. The molecule has 0 aliphatic rings. The van der Waals surface area contributed by atoms with Crippen LogP contribution in [0.15, 0.2) is 62.8 Å². The summed E-state index contributed by atoms with van der Waals surface area (Å²) in [5, 5.41) is 0. The van der Waals surface area contributed by atoms with E-state index in [0.717, 1.165) is 13.0 Å². The van der Waals surface area contributed by atoms with E-state index < -0.39 is 49.3 Å². The fourth-order valence-electron chi connectivity index (χ4n) is 0.683. The number of halogens is 18. The first-order valence-electron chi connectivity index (χ1n) is 10.3. The van der Waals surface area contributed by atoms with E-state index in [2.05, 4.69) is 33.2 Å². The third-order valence-electron chi connectivity index (χ3n) is 2.75. The van der Waals surface area contributed by atoms with E-state index >= 15 is 0 Å². The molecule has 0 aliphatic heterocycles. The summed E-state index contributed by atoms with van der Waals surface area (Å²) in [6.45, 7) is 13.7. The van der Waals surface area contributed by atoms with Gasteiger partial charge in [0.1, 0.15) is 5.57 Å². The SMILES string of the molecule is C.C.C.C.C.C.C=C(C(F)(F)F)C(F)(F)F.C=CC(F)(F)CF.C=CC(F)(F)CF.C=CC(F)(F)F.C=CCOCCCC.CF.FF. The van der Waals surface area contributed by atoms with Gasteiger partial charge in [-0.15, -0.1) is 6.58 Å². The Hall–Kier alpha value is -2.60.